The highest BCUT2D eigenvalue weighted by molar-refractivity contribution is 5.92. The van der Waals surface area contributed by atoms with Crippen LogP contribution < -0.4 is 10.9 Å². The first kappa shape index (κ1) is 16.1. The summed E-state index contributed by atoms with van der Waals surface area (Å²) in [6.45, 7) is 0.646. The summed E-state index contributed by atoms with van der Waals surface area (Å²) in [6, 6.07) is 6.60. The molecule has 1 aliphatic rings. The monoisotopic (exact) mass is 351 g/mol. The minimum Gasteiger partial charge on any atom is -0.349 e. The van der Waals surface area contributed by atoms with Crippen molar-refractivity contribution in [3.63, 3.8) is 0 Å². The number of aromatic nitrogens is 6. The van der Waals surface area contributed by atoms with Crippen LogP contribution in [0, 0.1) is 0 Å². The van der Waals surface area contributed by atoms with E-state index in [9.17, 15) is 9.59 Å². The van der Waals surface area contributed by atoms with Gasteiger partial charge in [0.2, 0.25) is 0 Å². The molecule has 1 amide bonds. The molecule has 3 aromatic heterocycles. The van der Waals surface area contributed by atoms with Gasteiger partial charge < -0.3 is 5.32 Å². The van der Waals surface area contributed by atoms with Crippen LogP contribution in [0.1, 0.15) is 34.9 Å². The SMILES string of the molecule is O=C(NCCn1cnc(C2CC2)cc1=O)c1ccc(-n2cccn2)nn1. The van der Waals surface area contributed by atoms with Crippen molar-refractivity contribution in [3.05, 3.63) is 64.7 Å². The standard InChI is InChI=1S/C17H17N7O2/c25-16-10-14(12-2-3-12)19-11-23(16)9-7-18-17(26)13-4-5-15(22-21-13)24-8-1-6-20-24/h1,4-6,8,10-12H,2-3,7,9H2,(H,18,26). The zero-order valence-electron chi connectivity index (χ0n) is 13.9. The molecule has 0 unspecified atom stereocenters. The van der Waals surface area contributed by atoms with Crippen LogP contribution in [0.25, 0.3) is 5.82 Å². The van der Waals surface area contributed by atoms with Crippen molar-refractivity contribution in [1.29, 1.82) is 0 Å². The second-order valence-corrected chi connectivity index (χ2v) is 6.10. The molecule has 1 saturated carbocycles. The van der Waals surface area contributed by atoms with Crippen LogP contribution in [-0.2, 0) is 6.54 Å². The second kappa shape index (κ2) is 6.87. The van der Waals surface area contributed by atoms with Gasteiger partial charge in [-0.3, -0.25) is 14.2 Å². The lowest BCUT2D eigenvalue weighted by Gasteiger charge is -2.07. The van der Waals surface area contributed by atoms with E-state index >= 15 is 0 Å². The molecule has 0 bridgehead atoms. The fourth-order valence-electron chi connectivity index (χ4n) is 2.56. The van der Waals surface area contributed by atoms with Crippen molar-refractivity contribution in [3.8, 4) is 5.82 Å². The number of hydrogen-bond acceptors (Lipinski definition) is 6. The molecule has 3 aromatic rings. The first-order valence-corrected chi connectivity index (χ1v) is 8.39. The van der Waals surface area contributed by atoms with Crippen molar-refractivity contribution in [2.75, 3.05) is 6.54 Å². The van der Waals surface area contributed by atoms with E-state index in [1.807, 2.05) is 0 Å². The normalized spacial score (nSPS) is 13.5. The molecule has 1 N–H and O–H groups in total. The Morgan fingerprint density at radius 3 is 2.81 bits per heavy atom. The molecule has 1 aliphatic carbocycles. The van der Waals surface area contributed by atoms with E-state index in [0.717, 1.165) is 18.5 Å². The zero-order chi connectivity index (χ0) is 17.9. The van der Waals surface area contributed by atoms with Gasteiger partial charge in [0.25, 0.3) is 11.5 Å². The largest absolute Gasteiger partial charge is 0.349 e. The molecule has 0 spiro atoms. The Labute approximate surface area is 148 Å². The molecule has 9 heteroatoms. The van der Waals surface area contributed by atoms with Crippen LogP contribution in [0.3, 0.4) is 0 Å². The number of carbonyl (C=O) groups excluding carboxylic acids is 1. The summed E-state index contributed by atoms with van der Waals surface area (Å²) in [5, 5.41) is 14.7. The van der Waals surface area contributed by atoms with E-state index < -0.39 is 0 Å². The molecule has 9 nitrogen and oxygen atoms in total. The van der Waals surface area contributed by atoms with E-state index in [2.05, 4.69) is 25.6 Å². The third kappa shape index (κ3) is 3.51. The summed E-state index contributed by atoms with van der Waals surface area (Å²) in [6.07, 6.45) is 7.13. The maximum atomic E-state index is 12.1. The first-order chi connectivity index (χ1) is 12.7. The van der Waals surface area contributed by atoms with E-state index in [4.69, 9.17) is 0 Å². The number of nitrogens with zero attached hydrogens (tertiary/aromatic N) is 6. The summed E-state index contributed by atoms with van der Waals surface area (Å²) in [5.74, 6) is 0.625. The molecule has 26 heavy (non-hydrogen) atoms. The molecule has 0 atom stereocenters. The van der Waals surface area contributed by atoms with Gasteiger partial charge in [-0.2, -0.15) is 5.10 Å². The topological polar surface area (TPSA) is 108 Å². The Balaban J connectivity index is 1.33. The van der Waals surface area contributed by atoms with Gasteiger partial charge in [0.15, 0.2) is 11.5 Å². The number of hydrogen-bond donors (Lipinski definition) is 1. The van der Waals surface area contributed by atoms with Gasteiger partial charge in [-0.25, -0.2) is 9.67 Å². The van der Waals surface area contributed by atoms with E-state index in [-0.39, 0.29) is 17.2 Å². The quantitative estimate of drug-likeness (QED) is 0.694. The van der Waals surface area contributed by atoms with Gasteiger partial charge in [-0.15, -0.1) is 10.2 Å². The summed E-state index contributed by atoms with van der Waals surface area (Å²) in [4.78, 5) is 28.5. The van der Waals surface area contributed by atoms with Crippen LogP contribution in [-0.4, -0.2) is 42.0 Å². The average molecular weight is 351 g/mol. The van der Waals surface area contributed by atoms with Crippen LogP contribution in [0.4, 0.5) is 0 Å². The molecule has 3 heterocycles. The zero-order valence-corrected chi connectivity index (χ0v) is 13.9. The summed E-state index contributed by atoms with van der Waals surface area (Å²) >= 11 is 0. The van der Waals surface area contributed by atoms with E-state index in [0.29, 0.717) is 24.8 Å². The molecule has 0 aromatic carbocycles. The Morgan fingerprint density at radius 1 is 1.27 bits per heavy atom. The fourth-order valence-corrected chi connectivity index (χ4v) is 2.56. The molecule has 0 aliphatic heterocycles. The van der Waals surface area contributed by atoms with Crippen LogP contribution >= 0.6 is 0 Å². The third-order valence-corrected chi connectivity index (χ3v) is 4.16. The number of amides is 1. The molecule has 1 fully saturated rings. The van der Waals surface area contributed by atoms with Crippen molar-refractivity contribution in [1.82, 2.24) is 34.8 Å². The molecular weight excluding hydrogens is 334 g/mol. The molecule has 0 saturated heterocycles. The highest BCUT2D eigenvalue weighted by Gasteiger charge is 2.25. The number of rotatable bonds is 6. The van der Waals surface area contributed by atoms with Gasteiger partial charge >= 0.3 is 0 Å². The maximum Gasteiger partial charge on any atom is 0.271 e. The summed E-state index contributed by atoms with van der Waals surface area (Å²) in [7, 11) is 0. The smallest absolute Gasteiger partial charge is 0.271 e. The highest BCUT2D eigenvalue weighted by atomic mass is 16.2. The molecular formula is C17H17N7O2. The fraction of sp³-hybridized carbons (Fsp3) is 0.294. The van der Waals surface area contributed by atoms with Gasteiger partial charge in [-0.05, 0) is 31.0 Å². The highest BCUT2D eigenvalue weighted by Crippen LogP contribution is 2.38. The predicted octanol–water partition coefficient (Wildman–Crippen LogP) is 0.526. The lowest BCUT2D eigenvalue weighted by atomic mass is 10.3. The minimum absolute atomic E-state index is 0.0977. The van der Waals surface area contributed by atoms with Gasteiger partial charge in [0.05, 0.1) is 12.0 Å². The van der Waals surface area contributed by atoms with Crippen molar-refractivity contribution in [2.45, 2.75) is 25.3 Å². The van der Waals surface area contributed by atoms with E-state index in [1.54, 1.807) is 47.7 Å². The van der Waals surface area contributed by atoms with Gasteiger partial charge in [-0.1, -0.05) is 0 Å². The van der Waals surface area contributed by atoms with Crippen LogP contribution in [0.2, 0.25) is 0 Å². The lowest BCUT2D eigenvalue weighted by Crippen LogP contribution is -2.31. The third-order valence-electron chi connectivity index (χ3n) is 4.16. The van der Waals surface area contributed by atoms with Crippen molar-refractivity contribution >= 4 is 5.91 Å². The average Bonchev–Trinajstić information content (AvgIpc) is 3.37. The van der Waals surface area contributed by atoms with Crippen molar-refractivity contribution < 1.29 is 4.79 Å². The van der Waals surface area contributed by atoms with Crippen molar-refractivity contribution in [2.24, 2.45) is 0 Å². The Hall–Kier alpha value is -3.36. The molecule has 132 valence electrons. The predicted molar refractivity (Wildman–Crippen MR) is 92.0 cm³/mol. The number of carbonyl (C=O) groups is 1. The number of nitrogens with one attached hydrogen (secondary N) is 1. The maximum absolute atomic E-state index is 12.1. The minimum atomic E-state index is -0.347. The Bertz CT molecular complexity index is 960. The van der Waals surface area contributed by atoms with Gasteiger partial charge in [0.1, 0.15) is 0 Å². The molecule has 0 radical (unpaired) electrons. The summed E-state index contributed by atoms with van der Waals surface area (Å²) < 4.78 is 3.04. The van der Waals surface area contributed by atoms with Crippen LogP contribution in [0.5, 0.6) is 0 Å². The lowest BCUT2D eigenvalue weighted by molar-refractivity contribution is 0.0946. The molecule has 4 rings (SSSR count). The van der Waals surface area contributed by atoms with E-state index in [1.165, 1.54) is 4.57 Å². The first-order valence-electron chi connectivity index (χ1n) is 8.39. The second-order valence-electron chi connectivity index (χ2n) is 6.10. The summed E-state index contributed by atoms with van der Waals surface area (Å²) in [5.41, 5.74) is 0.970. The Morgan fingerprint density at radius 2 is 2.15 bits per heavy atom. The Kier molecular flexibility index (Phi) is 4.26. The van der Waals surface area contributed by atoms with Gasteiger partial charge in [0, 0.05) is 37.5 Å². The van der Waals surface area contributed by atoms with Crippen LogP contribution in [0.15, 0.2) is 47.8 Å².